The van der Waals surface area contributed by atoms with Gasteiger partial charge in [-0.25, -0.2) is 4.98 Å². The molecular formula is C34H35N3O3. The number of nitrogens with zero attached hydrogens (tertiary/aromatic N) is 1. The van der Waals surface area contributed by atoms with E-state index in [-0.39, 0.29) is 5.91 Å². The van der Waals surface area contributed by atoms with E-state index < -0.39 is 0 Å². The second kappa shape index (κ2) is 13.5. The van der Waals surface area contributed by atoms with Crippen LogP contribution in [-0.4, -0.2) is 35.6 Å². The lowest BCUT2D eigenvalue weighted by atomic mass is 10.0. The van der Waals surface area contributed by atoms with Crippen molar-refractivity contribution in [2.75, 3.05) is 19.8 Å². The molecule has 0 radical (unpaired) electrons. The molecule has 0 spiro atoms. The quantitative estimate of drug-likeness (QED) is 0.164. The van der Waals surface area contributed by atoms with Gasteiger partial charge in [0.1, 0.15) is 17.1 Å². The first-order chi connectivity index (χ1) is 19.7. The van der Waals surface area contributed by atoms with Gasteiger partial charge in [0.05, 0.1) is 19.4 Å². The molecule has 0 aliphatic heterocycles. The fourth-order valence-electron chi connectivity index (χ4n) is 4.79. The number of carbonyl (C=O) groups is 1. The third-order valence-corrected chi connectivity index (χ3v) is 6.83. The minimum atomic E-state index is -0.0280. The van der Waals surface area contributed by atoms with Crippen LogP contribution in [0, 0.1) is 0 Å². The Kier molecular flexibility index (Phi) is 9.09. The van der Waals surface area contributed by atoms with Gasteiger partial charge in [0.2, 0.25) is 5.91 Å². The van der Waals surface area contributed by atoms with Crippen molar-refractivity contribution in [2.24, 2.45) is 0 Å². The lowest BCUT2D eigenvalue weighted by Gasteiger charge is -2.09. The Morgan fingerprint density at radius 1 is 0.825 bits per heavy atom. The predicted molar refractivity (Wildman–Crippen MR) is 160 cm³/mol. The van der Waals surface area contributed by atoms with Gasteiger partial charge in [0.25, 0.3) is 0 Å². The minimum Gasteiger partial charge on any atom is -0.494 e. The summed E-state index contributed by atoms with van der Waals surface area (Å²) in [5, 5.41) is 3.95. The number of aromatic nitrogens is 2. The summed E-state index contributed by atoms with van der Waals surface area (Å²) >= 11 is 0. The number of amides is 1. The number of benzene rings is 3. The largest absolute Gasteiger partial charge is 0.494 e. The molecule has 5 aromatic rings. The fraction of sp³-hybridized carbons (Fsp3) is 0.235. The Morgan fingerprint density at radius 2 is 1.48 bits per heavy atom. The number of hydrogen-bond acceptors (Lipinski definition) is 4. The van der Waals surface area contributed by atoms with Crippen LogP contribution in [-0.2, 0) is 17.6 Å². The lowest BCUT2D eigenvalue weighted by Crippen LogP contribution is -2.22. The summed E-state index contributed by atoms with van der Waals surface area (Å²) in [6, 6.07) is 31.0. The Balaban J connectivity index is 1.14. The summed E-state index contributed by atoms with van der Waals surface area (Å²) in [6.07, 6.45) is 5.03. The number of fused-ring (bicyclic) bond motifs is 1. The molecule has 6 nitrogen and oxygen atoms in total. The van der Waals surface area contributed by atoms with Crippen LogP contribution in [0.15, 0.2) is 97.2 Å². The van der Waals surface area contributed by atoms with E-state index in [1.54, 1.807) is 13.1 Å². The molecule has 2 N–H and O–H groups in total. The average molecular weight is 534 g/mol. The topological polar surface area (TPSA) is 76.2 Å². The zero-order valence-corrected chi connectivity index (χ0v) is 22.9. The maximum absolute atomic E-state index is 11.4. The van der Waals surface area contributed by atoms with Crippen LogP contribution in [0.4, 0.5) is 0 Å². The number of rotatable bonds is 13. The van der Waals surface area contributed by atoms with E-state index in [1.165, 1.54) is 16.7 Å². The molecule has 2 heterocycles. The number of hydrogen-bond donors (Lipinski definition) is 2. The molecule has 0 bridgehead atoms. The van der Waals surface area contributed by atoms with Gasteiger partial charge in [-0.2, -0.15) is 0 Å². The summed E-state index contributed by atoms with van der Waals surface area (Å²) in [7, 11) is 0. The molecule has 0 atom stereocenters. The lowest BCUT2D eigenvalue weighted by molar-refractivity contribution is -0.118. The second-order valence-electron chi connectivity index (χ2n) is 9.84. The van der Waals surface area contributed by atoms with Crippen molar-refractivity contribution in [3.63, 3.8) is 0 Å². The van der Waals surface area contributed by atoms with E-state index in [1.807, 2.05) is 48.5 Å². The van der Waals surface area contributed by atoms with Gasteiger partial charge in [0.15, 0.2) is 0 Å². The van der Waals surface area contributed by atoms with Crippen LogP contribution >= 0.6 is 0 Å². The van der Waals surface area contributed by atoms with Crippen molar-refractivity contribution in [2.45, 2.75) is 32.6 Å². The van der Waals surface area contributed by atoms with E-state index in [4.69, 9.17) is 9.47 Å². The SMILES string of the molecule is CC(=O)NCCc1c(Cc2ccccc2)[nH]c2ncc(OCCCCOc3ccc(-c4ccccc4)cc3)cc12. The molecule has 204 valence electrons. The first-order valence-corrected chi connectivity index (χ1v) is 13.8. The normalized spacial score (nSPS) is 10.9. The van der Waals surface area contributed by atoms with Gasteiger partial charge in [-0.3, -0.25) is 4.79 Å². The molecule has 5 rings (SSSR count). The number of aromatic amines is 1. The van der Waals surface area contributed by atoms with Gasteiger partial charge in [-0.05, 0) is 59.7 Å². The van der Waals surface area contributed by atoms with Gasteiger partial charge in [-0.15, -0.1) is 0 Å². The third-order valence-electron chi connectivity index (χ3n) is 6.83. The van der Waals surface area contributed by atoms with Crippen LogP contribution in [0.2, 0.25) is 0 Å². The highest BCUT2D eigenvalue weighted by molar-refractivity contribution is 5.83. The highest BCUT2D eigenvalue weighted by Gasteiger charge is 2.14. The van der Waals surface area contributed by atoms with Crippen molar-refractivity contribution in [1.29, 1.82) is 0 Å². The van der Waals surface area contributed by atoms with Crippen molar-refractivity contribution in [1.82, 2.24) is 15.3 Å². The highest BCUT2D eigenvalue weighted by atomic mass is 16.5. The van der Waals surface area contributed by atoms with Crippen LogP contribution in [0.5, 0.6) is 11.5 Å². The number of ether oxygens (including phenoxy) is 2. The van der Waals surface area contributed by atoms with E-state index >= 15 is 0 Å². The number of nitrogens with one attached hydrogen (secondary N) is 2. The molecule has 6 heteroatoms. The molecule has 40 heavy (non-hydrogen) atoms. The summed E-state index contributed by atoms with van der Waals surface area (Å²) in [5.74, 6) is 1.59. The number of unbranched alkanes of at least 4 members (excludes halogenated alkanes) is 1. The first-order valence-electron chi connectivity index (χ1n) is 13.8. The van der Waals surface area contributed by atoms with Crippen LogP contribution in [0.1, 0.15) is 36.6 Å². The van der Waals surface area contributed by atoms with Crippen molar-refractivity contribution < 1.29 is 14.3 Å². The molecule has 0 aliphatic rings. The van der Waals surface area contributed by atoms with Gasteiger partial charge < -0.3 is 19.8 Å². The second-order valence-corrected chi connectivity index (χ2v) is 9.84. The molecule has 3 aromatic carbocycles. The number of H-pyrrole nitrogens is 1. The fourth-order valence-corrected chi connectivity index (χ4v) is 4.79. The maximum Gasteiger partial charge on any atom is 0.216 e. The summed E-state index contributed by atoms with van der Waals surface area (Å²) in [4.78, 5) is 19.6. The Labute approximate surface area is 235 Å². The molecule has 0 fully saturated rings. The van der Waals surface area contributed by atoms with Gasteiger partial charge >= 0.3 is 0 Å². The van der Waals surface area contributed by atoms with E-state index in [0.29, 0.717) is 19.8 Å². The van der Waals surface area contributed by atoms with E-state index in [9.17, 15) is 4.79 Å². The first kappa shape index (κ1) is 27.0. The van der Waals surface area contributed by atoms with Crippen LogP contribution in [0.25, 0.3) is 22.2 Å². The summed E-state index contributed by atoms with van der Waals surface area (Å²) < 4.78 is 12.0. The zero-order valence-electron chi connectivity index (χ0n) is 22.9. The van der Waals surface area contributed by atoms with Crippen molar-refractivity contribution in [3.8, 4) is 22.6 Å². The molecule has 1 amide bonds. The van der Waals surface area contributed by atoms with E-state index in [0.717, 1.165) is 59.5 Å². The van der Waals surface area contributed by atoms with Crippen molar-refractivity contribution >= 4 is 16.9 Å². The Hall–Kier alpha value is -4.58. The third kappa shape index (κ3) is 7.29. The smallest absolute Gasteiger partial charge is 0.216 e. The molecular weight excluding hydrogens is 498 g/mol. The molecule has 0 unspecified atom stereocenters. The molecule has 0 saturated carbocycles. The summed E-state index contributed by atoms with van der Waals surface area (Å²) in [5.41, 5.74) is 6.72. The monoisotopic (exact) mass is 533 g/mol. The Bertz CT molecular complexity index is 1510. The predicted octanol–water partition coefficient (Wildman–Crippen LogP) is 6.74. The molecule has 0 aliphatic carbocycles. The summed E-state index contributed by atoms with van der Waals surface area (Å²) in [6.45, 7) is 3.34. The van der Waals surface area contributed by atoms with E-state index in [2.05, 4.69) is 57.7 Å². The van der Waals surface area contributed by atoms with Crippen molar-refractivity contribution in [3.05, 3.63) is 114 Å². The standard InChI is InChI=1S/C34H35N3O3/c1-25(38)35-19-18-31-32-23-30(24-36-34(32)37-33(31)22-26-10-4-2-5-11-26)40-21-9-8-20-39-29-16-14-28(15-17-29)27-12-6-3-7-13-27/h2-7,10-17,23-24H,8-9,18-22H2,1H3,(H,35,38)(H,36,37). The zero-order chi connectivity index (χ0) is 27.6. The van der Waals surface area contributed by atoms with Crippen LogP contribution in [0.3, 0.4) is 0 Å². The Morgan fingerprint density at radius 3 is 2.17 bits per heavy atom. The maximum atomic E-state index is 11.4. The highest BCUT2D eigenvalue weighted by Crippen LogP contribution is 2.27. The van der Waals surface area contributed by atoms with Gasteiger partial charge in [-0.1, -0.05) is 72.8 Å². The number of carbonyl (C=O) groups excluding carboxylic acids is 1. The van der Waals surface area contributed by atoms with Gasteiger partial charge in [0, 0.05) is 31.0 Å². The number of pyridine rings is 1. The van der Waals surface area contributed by atoms with Crippen LogP contribution < -0.4 is 14.8 Å². The average Bonchev–Trinajstić information content (AvgIpc) is 3.32. The molecule has 2 aromatic heterocycles. The minimum absolute atomic E-state index is 0.0280. The molecule has 0 saturated heterocycles.